The van der Waals surface area contributed by atoms with Gasteiger partial charge in [0.25, 0.3) is 0 Å². The van der Waals surface area contributed by atoms with E-state index in [1.807, 2.05) is 30.3 Å². The van der Waals surface area contributed by atoms with E-state index in [0.29, 0.717) is 11.5 Å². The van der Waals surface area contributed by atoms with Gasteiger partial charge in [0, 0.05) is 49.3 Å². The predicted molar refractivity (Wildman–Crippen MR) is 281 cm³/mol. The Hall–Kier alpha value is -8.41. The molecule has 0 spiro atoms. The number of nitrogens with zero attached hydrogens (tertiary/aromatic N) is 4. The number of hydrogen-bond donors (Lipinski definition) is 0. The van der Waals surface area contributed by atoms with Crippen LogP contribution in [0.3, 0.4) is 0 Å². The summed E-state index contributed by atoms with van der Waals surface area (Å²) in [6.07, 6.45) is 6.37. The predicted octanol–water partition coefficient (Wildman–Crippen LogP) is 16.1. The van der Waals surface area contributed by atoms with Gasteiger partial charge in [-0.05, 0) is 89.0 Å². The van der Waals surface area contributed by atoms with Crippen LogP contribution in [0.4, 0.5) is 0 Å². The number of benzene rings is 8. The molecule has 0 radical (unpaired) electrons. The standard InChI is InChI=1S/C62H46N4O/c1-39(2)58(42-19-6-4-7-20-42)65-62(63-40(3)45-28-18-29-50-49-25-14-17-32-56(49)67-61(45)50)51-38-37-46(47-23-10-11-24-48(47)51)41-33-35-43(36-34-41)59-60-57(52-26-12-15-30-54(52)64-59)53-27-13-16-31-55(53)66(60)44-21-8-5-9-22-44/h4-9,11-22,24-39H,3,10,23H2,1-2H3. The average Bonchev–Trinajstić information content (AvgIpc) is 3.94. The Kier molecular flexibility index (Phi) is 9.91. The van der Waals surface area contributed by atoms with Crippen LogP contribution in [-0.2, 0) is 6.42 Å². The first kappa shape index (κ1) is 40.1. The highest BCUT2D eigenvalue weighted by Gasteiger charge is 2.23. The van der Waals surface area contributed by atoms with Crippen molar-refractivity contribution in [3.63, 3.8) is 0 Å². The van der Waals surface area contributed by atoms with Gasteiger partial charge in [-0.2, -0.15) is 0 Å². The van der Waals surface area contributed by atoms with Gasteiger partial charge in [-0.15, -0.1) is 0 Å². The summed E-state index contributed by atoms with van der Waals surface area (Å²) >= 11 is 0. The zero-order valence-corrected chi connectivity index (χ0v) is 37.4. The molecular weight excluding hydrogens is 817 g/mol. The van der Waals surface area contributed by atoms with E-state index in [4.69, 9.17) is 19.4 Å². The first-order valence-electron chi connectivity index (χ1n) is 23.1. The van der Waals surface area contributed by atoms with E-state index < -0.39 is 0 Å². The van der Waals surface area contributed by atoms with E-state index in [-0.39, 0.29) is 5.92 Å². The topological polar surface area (TPSA) is 55.7 Å². The number of aromatic nitrogens is 2. The second-order valence-electron chi connectivity index (χ2n) is 17.6. The number of para-hydroxylation sites is 5. The van der Waals surface area contributed by atoms with Crippen LogP contribution in [0.15, 0.2) is 215 Å². The molecule has 3 heterocycles. The highest BCUT2D eigenvalue weighted by molar-refractivity contribution is 6.23. The van der Waals surface area contributed by atoms with Crippen LogP contribution in [0.2, 0.25) is 0 Å². The van der Waals surface area contributed by atoms with Crippen molar-refractivity contribution in [3.05, 3.63) is 229 Å². The Balaban J connectivity index is 1.01. The van der Waals surface area contributed by atoms with Gasteiger partial charge in [0.05, 0.1) is 33.7 Å². The van der Waals surface area contributed by atoms with Gasteiger partial charge in [-0.3, -0.25) is 0 Å². The maximum atomic E-state index is 6.47. The molecule has 5 heteroatoms. The first-order valence-corrected chi connectivity index (χ1v) is 23.1. The molecule has 0 fully saturated rings. The molecule has 0 amide bonds. The van der Waals surface area contributed by atoms with Crippen LogP contribution in [0, 0.1) is 5.92 Å². The van der Waals surface area contributed by atoms with Crippen molar-refractivity contribution in [3.8, 4) is 28.1 Å². The number of hydrogen-bond acceptors (Lipinski definition) is 3. The van der Waals surface area contributed by atoms with Crippen molar-refractivity contribution in [2.24, 2.45) is 15.9 Å². The lowest BCUT2D eigenvalue weighted by Crippen LogP contribution is -2.15. The molecule has 0 aliphatic heterocycles. The maximum Gasteiger partial charge on any atom is 0.160 e. The molecule has 0 N–H and O–H groups in total. The monoisotopic (exact) mass is 862 g/mol. The molecule has 0 unspecified atom stereocenters. The first-order chi connectivity index (χ1) is 33.0. The number of amidine groups is 1. The third-order valence-electron chi connectivity index (χ3n) is 13.2. The van der Waals surface area contributed by atoms with Crippen LogP contribution in [0.25, 0.3) is 94.5 Å². The number of rotatable bonds is 8. The van der Waals surface area contributed by atoms with E-state index >= 15 is 0 Å². The molecule has 320 valence electrons. The molecule has 0 atom stereocenters. The summed E-state index contributed by atoms with van der Waals surface area (Å²) < 4.78 is 8.85. The molecule has 11 aromatic rings. The number of allylic oxidation sites excluding steroid dienone is 1. The average molecular weight is 863 g/mol. The molecule has 1 aliphatic rings. The fraction of sp³-hybridized carbons (Fsp3) is 0.0806. The summed E-state index contributed by atoms with van der Waals surface area (Å²) in [6, 6.07) is 66.1. The van der Waals surface area contributed by atoms with Gasteiger partial charge in [0.15, 0.2) is 5.84 Å². The quantitative estimate of drug-likeness (QED) is 0.113. The highest BCUT2D eigenvalue weighted by Crippen LogP contribution is 2.42. The van der Waals surface area contributed by atoms with Crippen molar-refractivity contribution < 1.29 is 4.42 Å². The smallest absolute Gasteiger partial charge is 0.160 e. The fourth-order valence-electron chi connectivity index (χ4n) is 10.1. The third-order valence-corrected chi connectivity index (χ3v) is 13.2. The molecule has 5 nitrogen and oxygen atoms in total. The van der Waals surface area contributed by atoms with Gasteiger partial charge in [-0.25, -0.2) is 15.0 Å². The Bertz CT molecular complexity index is 3830. The maximum absolute atomic E-state index is 6.47. The van der Waals surface area contributed by atoms with Crippen molar-refractivity contribution in [2.45, 2.75) is 26.7 Å². The summed E-state index contributed by atoms with van der Waals surface area (Å²) in [7, 11) is 0. The number of aliphatic imine (C=N–C) groups is 2. The Morgan fingerprint density at radius 3 is 2.12 bits per heavy atom. The number of furan rings is 1. The minimum Gasteiger partial charge on any atom is -0.455 e. The largest absolute Gasteiger partial charge is 0.455 e. The van der Waals surface area contributed by atoms with Crippen molar-refractivity contribution in [1.82, 2.24) is 9.55 Å². The third kappa shape index (κ3) is 6.90. The summed E-state index contributed by atoms with van der Waals surface area (Å²) in [5.41, 5.74) is 17.2. The van der Waals surface area contributed by atoms with Crippen LogP contribution < -0.4 is 0 Å². The normalized spacial score (nSPS) is 13.1. The van der Waals surface area contributed by atoms with Crippen LogP contribution in [-0.4, -0.2) is 21.1 Å². The van der Waals surface area contributed by atoms with E-state index in [1.165, 1.54) is 21.9 Å². The van der Waals surface area contributed by atoms with Crippen LogP contribution >= 0.6 is 0 Å². The molecule has 0 bridgehead atoms. The molecule has 3 aromatic heterocycles. The van der Waals surface area contributed by atoms with E-state index in [1.54, 1.807) is 0 Å². The summed E-state index contributed by atoms with van der Waals surface area (Å²) in [5, 5.41) is 5.68. The molecule has 8 aromatic carbocycles. The van der Waals surface area contributed by atoms with Crippen molar-refractivity contribution >= 4 is 78.0 Å². The van der Waals surface area contributed by atoms with Gasteiger partial charge < -0.3 is 8.98 Å². The summed E-state index contributed by atoms with van der Waals surface area (Å²) in [4.78, 5) is 16.3. The van der Waals surface area contributed by atoms with Gasteiger partial charge in [0.2, 0.25) is 0 Å². The number of fused-ring (bicyclic) bond motifs is 9. The zero-order chi connectivity index (χ0) is 45.0. The molecule has 67 heavy (non-hydrogen) atoms. The SMILES string of the molecule is C=C(N=C(N=C(c1ccccc1)C(C)C)c1ccc(-c2ccc(-c3nc4ccccc4c4c5ccccc5n(-c5ccccc5)c34)cc2)c2c1C=CCC2)c1cccc2c1oc1ccccc12. The van der Waals surface area contributed by atoms with Gasteiger partial charge >= 0.3 is 0 Å². The minimum atomic E-state index is 0.135. The lowest BCUT2D eigenvalue weighted by molar-refractivity contribution is 0.667. The minimum absolute atomic E-state index is 0.135. The molecule has 0 saturated carbocycles. The highest BCUT2D eigenvalue weighted by atomic mass is 16.3. The van der Waals surface area contributed by atoms with E-state index in [9.17, 15) is 0 Å². The van der Waals surface area contributed by atoms with Crippen LogP contribution in [0.5, 0.6) is 0 Å². The second-order valence-corrected chi connectivity index (χ2v) is 17.6. The molecule has 12 rings (SSSR count). The fourth-order valence-corrected chi connectivity index (χ4v) is 10.1. The van der Waals surface area contributed by atoms with Gasteiger partial charge in [0.1, 0.15) is 11.2 Å². The van der Waals surface area contributed by atoms with E-state index in [2.05, 4.69) is 195 Å². The Morgan fingerprint density at radius 2 is 1.31 bits per heavy atom. The number of pyridine rings is 1. The zero-order valence-electron chi connectivity index (χ0n) is 37.4. The second kappa shape index (κ2) is 16.5. The lowest BCUT2D eigenvalue weighted by Gasteiger charge is -2.21. The van der Waals surface area contributed by atoms with Crippen LogP contribution in [0.1, 0.15) is 48.1 Å². The van der Waals surface area contributed by atoms with Gasteiger partial charge in [-0.1, -0.05) is 178 Å². The van der Waals surface area contributed by atoms with E-state index in [0.717, 1.165) is 107 Å². The molecule has 1 aliphatic carbocycles. The lowest BCUT2D eigenvalue weighted by atomic mass is 9.85. The summed E-state index contributed by atoms with van der Waals surface area (Å²) in [6.45, 7) is 8.95. The molecular formula is C62H46N4O. The summed E-state index contributed by atoms with van der Waals surface area (Å²) in [5.74, 6) is 0.756. The Morgan fingerprint density at radius 1 is 0.627 bits per heavy atom. The van der Waals surface area contributed by atoms with Crippen molar-refractivity contribution in [1.29, 1.82) is 0 Å². The Labute approximate surface area is 389 Å². The molecule has 0 saturated heterocycles. The van der Waals surface area contributed by atoms with Crippen molar-refractivity contribution in [2.75, 3.05) is 0 Å².